The Hall–Kier alpha value is -0.280. The molecule has 0 spiro atoms. The van der Waals surface area contributed by atoms with Crippen molar-refractivity contribution in [1.82, 2.24) is 4.90 Å². The third-order valence-corrected chi connectivity index (χ3v) is 2.32. The highest BCUT2D eigenvalue weighted by atomic mass is 35.5. The first kappa shape index (κ1) is 8.81. The zero-order valence-corrected chi connectivity index (χ0v) is 7.23. The van der Waals surface area contributed by atoms with E-state index in [1.54, 1.807) is 0 Å². The molecule has 5 heteroatoms. The van der Waals surface area contributed by atoms with Gasteiger partial charge in [0.15, 0.2) is 5.50 Å². The molecule has 0 aromatic rings. The summed E-state index contributed by atoms with van der Waals surface area (Å²) in [6.07, 6.45) is 1.22. The van der Waals surface area contributed by atoms with Crippen LogP contribution in [0.2, 0.25) is 0 Å². The molecule has 1 saturated heterocycles. The predicted octanol–water partition coefficient (Wildman–Crippen LogP) is 0.939. The number of hydrogen-bond acceptors (Lipinski definition) is 2. The number of alkyl halides is 1. The van der Waals surface area contributed by atoms with Gasteiger partial charge in [0.2, 0.25) is 5.91 Å². The molecule has 1 unspecified atom stereocenters. The smallest absolute Gasteiger partial charge is 0.259 e. The normalized spacial score (nSPS) is 20.5. The maximum absolute atomic E-state index is 11.0. The molecule has 1 heterocycles. The largest absolute Gasteiger partial charge is 0.319 e. The summed E-state index contributed by atoms with van der Waals surface area (Å²) in [6, 6.07) is 0. The summed E-state index contributed by atoms with van der Waals surface area (Å²) in [5.41, 5.74) is -0.980. The van der Waals surface area contributed by atoms with E-state index in [-0.39, 0.29) is 5.91 Å². The van der Waals surface area contributed by atoms with Crippen LogP contribution in [-0.4, -0.2) is 28.1 Å². The van der Waals surface area contributed by atoms with Crippen molar-refractivity contribution in [3.63, 3.8) is 0 Å². The van der Waals surface area contributed by atoms with Gasteiger partial charge in [-0.2, -0.15) is 0 Å². The van der Waals surface area contributed by atoms with E-state index in [1.165, 1.54) is 4.90 Å². The number of halogens is 2. The molecule has 1 aliphatic heterocycles. The van der Waals surface area contributed by atoms with Gasteiger partial charge in [-0.3, -0.25) is 9.59 Å². The Morgan fingerprint density at radius 3 is 2.64 bits per heavy atom. The van der Waals surface area contributed by atoms with E-state index in [2.05, 4.69) is 0 Å². The predicted molar refractivity (Wildman–Crippen MR) is 41.4 cm³/mol. The topological polar surface area (TPSA) is 37.4 Å². The minimum atomic E-state index is -0.980. The summed E-state index contributed by atoms with van der Waals surface area (Å²) in [7, 11) is 0. The second-order valence-electron chi connectivity index (χ2n) is 2.33. The zero-order chi connectivity index (χ0) is 8.43. The van der Waals surface area contributed by atoms with Gasteiger partial charge in [-0.05, 0) is 18.0 Å². The molecular formula is C6H7Cl2NO2. The van der Waals surface area contributed by atoms with Crippen molar-refractivity contribution < 1.29 is 9.59 Å². The standard InChI is InChI=1S/C6H7Cl2NO2/c7-5(6(8)11)9-3-1-2-4(9)10/h5H,1-3H2. The number of carbonyl (C=O) groups is 2. The molecule has 0 N–H and O–H groups in total. The minimum Gasteiger partial charge on any atom is -0.319 e. The molecule has 0 saturated carbocycles. The molecule has 1 rings (SSSR count). The van der Waals surface area contributed by atoms with Gasteiger partial charge in [-0.15, -0.1) is 0 Å². The van der Waals surface area contributed by atoms with Gasteiger partial charge in [0.05, 0.1) is 0 Å². The number of hydrogen-bond donors (Lipinski definition) is 0. The van der Waals surface area contributed by atoms with Gasteiger partial charge in [0.1, 0.15) is 0 Å². The lowest BCUT2D eigenvalue weighted by Crippen LogP contribution is -2.35. The van der Waals surface area contributed by atoms with Crippen LogP contribution in [0.3, 0.4) is 0 Å². The van der Waals surface area contributed by atoms with Crippen LogP contribution in [-0.2, 0) is 9.59 Å². The van der Waals surface area contributed by atoms with E-state index in [1.807, 2.05) is 0 Å². The first-order valence-corrected chi connectivity index (χ1v) is 4.07. The molecule has 0 aliphatic carbocycles. The molecule has 0 aromatic heterocycles. The van der Waals surface area contributed by atoms with Crippen molar-refractivity contribution in [3.05, 3.63) is 0 Å². The molecule has 0 bridgehead atoms. The maximum atomic E-state index is 11.0. The number of rotatable bonds is 2. The van der Waals surface area contributed by atoms with Crippen molar-refractivity contribution in [2.45, 2.75) is 18.3 Å². The molecule has 1 amide bonds. The van der Waals surface area contributed by atoms with Crippen LogP contribution in [0.1, 0.15) is 12.8 Å². The number of carbonyl (C=O) groups excluding carboxylic acids is 2. The van der Waals surface area contributed by atoms with Crippen molar-refractivity contribution in [2.75, 3.05) is 6.54 Å². The van der Waals surface area contributed by atoms with Crippen LogP contribution in [0.5, 0.6) is 0 Å². The van der Waals surface area contributed by atoms with E-state index < -0.39 is 10.7 Å². The van der Waals surface area contributed by atoms with Gasteiger partial charge in [-0.25, -0.2) is 0 Å². The fourth-order valence-electron chi connectivity index (χ4n) is 1.03. The van der Waals surface area contributed by atoms with Crippen LogP contribution >= 0.6 is 23.2 Å². The fraction of sp³-hybridized carbons (Fsp3) is 0.667. The average molecular weight is 196 g/mol. The average Bonchev–Trinajstić information content (AvgIpc) is 2.33. The van der Waals surface area contributed by atoms with E-state index >= 15 is 0 Å². The minimum absolute atomic E-state index is 0.0981. The quantitative estimate of drug-likeness (QED) is 0.374. The summed E-state index contributed by atoms with van der Waals surface area (Å²) < 4.78 is 0. The highest BCUT2D eigenvalue weighted by Gasteiger charge is 2.29. The Labute approximate surface area is 74.2 Å². The first-order chi connectivity index (χ1) is 5.13. The van der Waals surface area contributed by atoms with Crippen molar-refractivity contribution in [2.24, 2.45) is 0 Å². The van der Waals surface area contributed by atoms with Crippen LogP contribution in [0, 0.1) is 0 Å². The molecule has 0 radical (unpaired) electrons. The fourth-order valence-corrected chi connectivity index (χ4v) is 1.36. The molecular weight excluding hydrogens is 189 g/mol. The Morgan fingerprint density at radius 2 is 2.27 bits per heavy atom. The molecule has 1 aliphatic rings. The molecule has 11 heavy (non-hydrogen) atoms. The number of amides is 1. The summed E-state index contributed by atoms with van der Waals surface area (Å²) in [5.74, 6) is -0.0981. The van der Waals surface area contributed by atoms with Crippen LogP contribution < -0.4 is 0 Å². The number of nitrogens with zero attached hydrogens (tertiary/aromatic N) is 1. The SMILES string of the molecule is O=C(Cl)C(Cl)N1CCCC1=O. The van der Waals surface area contributed by atoms with E-state index in [9.17, 15) is 9.59 Å². The van der Waals surface area contributed by atoms with Gasteiger partial charge >= 0.3 is 0 Å². The van der Waals surface area contributed by atoms with Gasteiger partial charge in [0.25, 0.3) is 5.24 Å². The lowest BCUT2D eigenvalue weighted by Gasteiger charge is -2.17. The van der Waals surface area contributed by atoms with Crippen LogP contribution in [0.25, 0.3) is 0 Å². The molecule has 1 fully saturated rings. The molecule has 0 aromatic carbocycles. The van der Waals surface area contributed by atoms with Gasteiger partial charge in [0, 0.05) is 13.0 Å². The van der Waals surface area contributed by atoms with Crippen LogP contribution in [0.15, 0.2) is 0 Å². The number of likely N-dealkylation sites (tertiary alicyclic amines) is 1. The Kier molecular flexibility index (Phi) is 2.73. The summed E-state index contributed by atoms with van der Waals surface area (Å²) in [5, 5.41) is -0.693. The second kappa shape index (κ2) is 3.41. The van der Waals surface area contributed by atoms with Gasteiger partial charge in [-0.1, -0.05) is 11.6 Å². The van der Waals surface area contributed by atoms with Crippen molar-refractivity contribution in [3.8, 4) is 0 Å². The molecule has 62 valence electrons. The lowest BCUT2D eigenvalue weighted by atomic mass is 10.4. The highest BCUT2D eigenvalue weighted by molar-refractivity contribution is 6.69. The zero-order valence-electron chi connectivity index (χ0n) is 5.72. The molecule has 1 atom stereocenters. The van der Waals surface area contributed by atoms with E-state index in [0.29, 0.717) is 13.0 Å². The Morgan fingerprint density at radius 1 is 1.64 bits per heavy atom. The van der Waals surface area contributed by atoms with E-state index in [0.717, 1.165) is 6.42 Å². The summed E-state index contributed by atoms with van der Waals surface area (Å²) >= 11 is 10.6. The first-order valence-electron chi connectivity index (χ1n) is 3.26. The van der Waals surface area contributed by atoms with Crippen molar-refractivity contribution in [1.29, 1.82) is 0 Å². The monoisotopic (exact) mass is 195 g/mol. The van der Waals surface area contributed by atoms with Crippen LogP contribution in [0.4, 0.5) is 0 Å². The Bertz CT molecular complexity index is 195. The molecule has 3 nitrogen and oxygen atoms in total. The highest BCUT2D eigenvalue weighted by Crippen LogP contribution is 2.17. The lowest BCUT2D eigenvalue weighted by molar-refractivity contribution is -0.131. The third kappa shape index (κ3) is 1.84. The Balaban J connectivity index is 2.59. The van der Waals surface area contributed by atoms with E-state index in [4.69, 9.17) is 23.2 Å². The van der Waals surface area contributed by atoms with Gasteiger partial charge < -0.3 is 4.90 Å². The third-order valence-electron chi connectivity index (χ3n) is 1.57. The maximum Gasteiger partial charge on any atom is 0.259 e. The van der Waals surface area contributed by atoms with Crippen molar-refractivity contribution >= 4 is 34.4 Å². The second-order valence-corrected chi connectivity index (χ2v) is 3.12. The summed E-state index contributed by atoms with van der Waals surface area (Å²) in [4.78, 5) is 22.8. The summed E-state index contributed by atoms with van der Waals surface area (Å²) in [6.45, 7) is 0.533.